The smallest absolute Gasteiger partial charge is 0.253 e. The largest absolute Gasteiger partial charge is 0.458 e. The van der Waals surface area contributed by atoms with E-state index >= 15 is 0 Å². The molecule has 0 bridgehead atoms. The van der Waals surface area contributed by atoms with Crippen LogP contribution in [0.25, 0.3) is 11.1 Å². The highest BCUT2D eigenvalue weighted by Gasteiger charge is 2.17. The summed E-state index contributed by atoms with van der Waals surface area (Å²) in [5.74, 6) is 0.625. The van der Waals surface area contributed by atoms with Crippen LogP contribution in [0.15, 0.2) is 43.0 Å². The molecular formula is C14H11N3O3. The number of hydrogen-bond donors (Lipinski definition) is 2. The van der Waals surface area contributed by atoms with Crippen LogP contribution in [0.2, 0.25) is 0 Å². The molecule has 2 aromatic rings. The van der Waals surface area contributed by atoms with Gasteiger partial charge in [-0.25, -0.2) is 4.98 Å². The first-order valence-corrected chi connectivity index (χ1v) is 5.84. The summed E-state index contributed by atoms with van der Waals surface area (Å²) in [5.41, 5.74) is 12.6. The lowest BCUT2D eigenvalue weighted by Crippen LogP contribution is -2.16. The van der Waals surface area contributed by atoms with Crippen molar-refractivity contribution in [1.29, 1.82) is 0 Å². The minimum absolute atomic E-state index is 0.102. The molecule has 1 aromatic carbocycles. The summed E-state index contributed by atoms with van der Waals surface area (Å²) in [6.07, 6.45) is 4.40. The highest BCUT2D eigenvalue weighted by atomic mass is 16.5. The summed E-state index contributed by atoms with van der Waals surface area (Å²) in [6, 6.07) is 6.97. The van der Waals surface area contributed by atoms with E-state index in [1.807, 2.05) is 0 Å². The highest BCUT2D eigenvalue weighted by Crippen LogP contribution is 2.36. The first kappa shape index (κ1) is 12.0. The molecule has 0 fully saturated rings. The van der Waals surface area contributed by atoms with Crippen molar-refractivity contribution in [2.45, 2.75) is 0 Å². The van der Waals surface area contributed by atoms with Gasteiger partial charge in [-0.15, -0.1) is 0 Å². The highest BCUT2D eigenvalue weighted by molar-refractivity contribution is 6.03. The third-order valence-electron chi connectivity index (χ3n) is 2.93. The number of pyridine rings is 1. The van der Waals surface area contributed by atoms with Gasteiger partial charge in [0.2, 0.25) is 0 Å². The zero-order chi connectivity index (χ0) is 14.1. The predicted molar refractivity (Wildman–Crippen MR) is 73.0 cm³/mol. The van der Waals surface area contributed by atoms with Gasteiger partial charge in [0.15, 0.2) is 11.5 Å². The van der Waals surface area contributed by atoms with Crippen LogP contribution in [0.1, 0.15) is 10.4 Å². The normalized spacial score (nSPS) is 12.2. The van der Waals surface area contributed by atoms with Crippen molar-refractivity contribution >= 4 is 11.7 Å². The Kier molecular flexibility index (Phi) is 2.76. The van der Waals surface area contributed by atoms with E-state index in [1.54, 1.807) is 24.3 Å². The van der Waals surface area contributed by atoms with Crippen LogP contribution in [-0.4, -0.2) is 10.9 Å². The zero-order valence-electron chi connectivity index (χ0n) is 10.4. The third-order valence-corrected chi connectivity index (χ3v) is 2.93. The Bertz CT molecular complexity index is 726. The van der Waals surface area contributed by atoms with E-state index in [9.17, 15) is 4.79 Å². The van der Waals surface area contributed by atoms with Crippen molar-refractivity contribution in [3.05, 3.63) is 48.5 Å². The fraction of sp³-hybridized carbons (Fsp3) is 0. The molecule has 6 nitrogen and oxygen atoms in total. The number of ether oxygens (including phenoxy) is 2. The molecule has 20 heavy (non-hydrogen) atoms. The molecule has 0 radical (unpaired) electrons. The molecule has 0 unspecified atom stereocenters. The Morgan fingerprint density at radius 2 is 1.85 bits per heavy atom. The number of nitrogens with zero attached hydrogens (tertiary/aromatic N) is 1. The maximum absolute atomic E-state index is 11.5. The number of nitrogens with two attached hydrogens (primary N) is 2. The Balaban J connectivity index is 2.15. The summed E-state index contributed by atoms with van der Waals surface area (Å²) in [7, 11) is 0. The minimum Gasteiger partial charge on any atom is -0.458 e. The van der Waals surface area contributed by atoms with Gasteiger partial charge in [0.25, 0.3) is 5.91 Å². The second-order valence-corrected chi connectivity index (χ2v) is 4.15. The first-order valence-electron chi connectivity index (χ1n) is 5.84. The van der Waals surface area contributed by atoms with E-state index in [4.69, 9.17) is 20.9 Å². The summed E-state index contributed by atoms with van der Waals surface area (Å²) in [5, 5.41) is 0. The number of amides is 1. The fourth-order valence-electron chi connectivity index (χ4n) is 2.04. The molecule has 0 saturated carbocycles. The molecule has 0 atom stereocenters. The molecule has 3 rings (SSSR count). The topological polar surface area (TPSA) is 100 Å². The molecule has 100 valence electrons. The molecule has 1 amide bonds. The van der Waals surface area contributed by atoms with E-state index in [0.717, 1.165) is 5.56 Å². The average molecular weight is 269 g/mol. The van der Waals surface area contributed by atoms with Crippen LogP contribution in [0.3, 0.4) is 0 Å². The second kappa shape index (κ2) is 4.58. The summed E-state index contributed by atoms with van der Waals surface area (Å²) >= 11 is 0. The Labute approximate surface area is 114 Å². The molecule has 6 heteroatoms. The molecule has 0 spiro atoms. The van der Waals surface area contributed by atoms with Crippen molar-refractivity contribution in [3.63, 3.8) is 0 Å². The number of benzene rings is 1. The monoisotopic (exact) mass is 269 g/mol. The SMILES string of the molecule is NC(=O)c1c(-c2ccc3c(c2)OC=CO3)ccnc1N. The van der Waals surface area contributed by atoms with E-state index in [1.165, 1.54) is 18.7 Å². The lowest BCUT2D eigenvalue weighted by Gasteiger charge is -2.14. The molecule has 4 N–H and O–H groups in total. The number of anilines is 1. The van der Waals surface area contributed by atoms with Crippen LogP contribution >= 0.6 is 0 Å². The average Bonchev–Trinajstić information content (AvgIpc) is 2.46. The van der Waals surface area contributed by atoms with E-state index < -0.39 is 5.91 Å². The van der Waals surface area contributed by atoms with Crippen molar-refractivity contribution in [2.24, 2.45) is 5.73 Å². The van der Waals surface area contributed by atoms with Gasteiger partial charge >= 0.3 is 0 Å². The Morgan fingerprint density at radius 1 is 1.10 bits per heavy atom. The van der Waals surface area contributed by atoms with Crippen LogP contribution in [0, 0.1) is 0 Å². The maximum atomic E-state index is 11.5. The van der Waals surface area contributed by atoms with Gasteiger partial charge < -0.3 is 20.9 Å². The van der Waals surface area contributed by atoms with E-state index in [2.05, 4.69) is 4.98 Å². The standard InChI is InChI=1S/C14H11N3O3/c15-13-12(14(16)18)9(3-4-17-13)8-1-2-10-11(7-8)20-6-5-19-10/h1-7H,(H2,15,17)(H2,16,18). The minimum atomic E-state index is -0.625. The molecule has 0 saturated heterocycles. The van der Waals surface area contributed by atoms with Crippen LogP contribution in [-0.2, 0) is 0 Å². The predicted octanol–water partition coefficient (Wildman–Crippen LogP) is 1.67. The second-order valence-electron chi connectivity index (χ2n) is 4.15. The fourth-order valence-corrected chi connectivity index (χ4v) is 2.04. The number of primary amides is 1. The van der Waals surface area contributed by atoms with Crippen LogP contribution in [0.5, 0.6) is 11.5 Å². The van der Waals surface area contributed by atoms with Gasteiger partial charge in [0.05, 0.1) is 5.56 Å². The van der Waals surface area contributed by atoms with Crippen LogP contribution in [0.4, 0.5) is 5.82 Å². The molecule has 1 aliphatic heterocycles. The van der Waals surface area contributed by atoms with Gasteiger partial charge in [0, 0.05) is 6.20 Å². The number of rotatable bonds is 2. The van der Waals surface area contributed by atoms with Gasteiger partial charge in [-0.1, -0.05) is 6.07 Å². The number of aromatic nitrogens is 1. The Morgan fingerprint density at radius 3 is 2.60 bits per heavy atom. The number of carbonyl (C=O) groups excluding carboxylic acids is 1. The van der Waals surface area contributed by atoms with Crippen molar-refractivity contribution < 1.29 is 14.3 Å². The molecule has 0 aliphatic carbocycles. The summed E-state index contributed by atoms with van der Waals surface area (Å²) < 4.78 is 10.6. The van der Waals surface area contributed by atoms with Gasteiger partial charge in [-0.3, -0.25) is 4.79 Å². The Hall–Kier alpha value is -3.02. The van der Waals surface area contributed by atoms with Crippen molar-refractivity contribution in [1.82, 2.24) is 4.98 Å². The maximum Gasteiger partial charge on any atom is 0.253 e. The van der Waals surface area contributed by atoms with Crippen molar-refractivity contribution in [3.8, 4) is 22.6 Å². The molecule has 2 heterocycles. The molecule has 1 aromatic heterocycles. The van der Waals surface area contributed by atoms with E-state index in [0.29, 0.717) is 17.1 Å². The molecule has 1 aliphatic rings. The van der Waals surface area contributed by atoms with Gasteiger partial charge in [-0.05, 0) is 29.3 Å². The number of carbonyl (C=O) groups is 1. The van der Waals surface area contributed by atoms with Crippen molar-refractivity contribution in [2.75, 3.05) is 5.73 Å². The quantitative estimate of drug-likeness (QED) is 0.863. The van der Waals surface area contributed by atoms with Gasteiger partial charge in [0.1, 0.15) is 18.3 Å². The lowest BCUT2D eigenvalue weighted by molar-refractivity contribution is 0.100. The van der Waals surface area contributed by atoms with Crippen LogP contribution < -0.4 is 20.9 Å². The molecular weight excluding hydrogens is 258 g/mol. The lowest BCUT2D eigenvalue weighted by atomic mass is 10.00. The summed E-state index contributed by atoms with van der Waals surface area (Å²) in [6.45, 7) is 0. The number of nitrogen functional groups attached to an aromatic ring is 1. The first-order chi connectivity index (χ1) is 9.66. The van der Waals surface area contributed by atoms with Gasteiger partial charge in [-0.2, -0.15) is 0 Å². The number of fused-ring (bicyclic) bond motifs is 1. The zero-order valence-corrected chi connectivity index (χ0v) is 10.4. The number of hydrogen-bond acceptors (Lipinski definition) is 5. The third kappa shape index (κ3) is 1.93. The summed E-state index contributed by atoms with van der Waals surface area (Å²) in [4.78, 5) is 15.4. The van der Waals surface area contributed by atoms with E-state index in [-0.39, 0.29) is 11.4 Å².